The first-order chi connectivity index (χ1) is 17.5. The van der Waals surface area contributed by atoms with E-state index in [1.165, 1.54) is 17.7 Å². The van der Waals surface area contributed by atoms with E-state index in [2.05, 4.69) is 50.1 Å². The number of hydrogen-bond donors (Lipinski definition) is 5. The Labute approximate surface area is 216 Å². The van der Waals surface area contributed by atoms with Crippen molar-refractivity contribution in [1.82, 2.24) is 0 Å². The summed E-state index contributed by atoms with van der Waals surface area (Å²) < 4.78 is 0.873. The first-order valence-corrected chi connectivity index (χ1v) is 13.4. The fourth-order valence-corrected chi connectivity index (χ4v) is 9.49. The van der Waals surface area contributed by atoms with Crippen LogP contribution in [-0.4, -0.2) is 98.2 Å². The van der Waals surface area contributed by atoms with Crippen LogP contribution in [0.3, 0.4) is 0 Å². The highest BCUT2D eigenvalue weighted by Crippen LogP contribution is 2.71. The highest BCUT2D eigenvalue weighted by molar-refractivity contribution is 5.82. The number of carboxylic acids is 2. The molecule has 37 heavy (non-hydrogen) atoms. The van der Waals surface area contributed by atoms with Crippen molar-refractivity contribution in [2.75, 3.05) is 18.5 Å². The molecule has 1 aliphatic carbocycles. The molecule has 6 aliphatic rings. The van der Waals surface area contributed by atoms with Gasteiger partial charge in [0.15, 0.2) is 12.3 Å². The molecule has 1 aromatic rings. The molecule has 0 amide bonds. The van der Waals surface area contributed by atoms with Crippen molar-refractivity contribution < 1.29 is 44.7 Å². The summed E-state index contributed by atoms with van der Waals surface area (Å²) in [5.41, 5.74) is 2.56. The molecule has 7 rings (SSSR count). The van der Waals surface area contributed by atoms with Gasteiger partial charge in [0.25, 0.3) is 0 Å². The highest BCUT2D eigenvalue weighted by atomic mass is 16.4. The lowest BCUT2D eigenvalue weighted by molar-refractivity contribution is -1.04. The predicted molar refractivity (Wildman–Crippen MR) is 130 cm³/mol. The second-order valence-corrected chi connectivity index (χ2v) is 11.6. The molecule has 0 radical (unpaired) electrons. The smallest absolute Gasteiger partial charge is 0.335 e. The second kappa shape index (κ2) is 8.91. The number of carbonyl (C=O) groups excluding carboxylic acids is 1. The number of aliphatic hydroxyl groups is 4. The molecule has 5 aliphatic heterocycles. The quantitative estimate of drug-likeness (QED) is 0.298. The predicted octanol–water partition coefficient (Wildman–Crippen LogP) is -0.978. The molecule has 1 spiro atoms. The molecule has 4 saturated heterocycles. The van der Waals surface area contributed by atoms with Crippen LogP contribution in [0.25, 0.3) is 0 Å². The largest absolute Gasteiger partial charge is 0.547 e. The molecule has 5 bridgehead atoms. The normalized spacial score (nSPS) is 43.5. The minimum Gasteiger partial charge on any atom is -0.547 e. The minimum absolute atomic E-state index is 0.127. The van der Waals surface area contributed by atoms with Crippen molar-refractivity contribution in [2.45, 2.75) is 87.6 Å². The number of rotatable bonds is 6. The number of fused-ring (bicyclic) bond motifs is 2. The molecule has 204 valence electrons. The second-order valence-electron chi connectivity index (χ2n) is 11.6. The average Bonchev–Trinajstić information content (AvgIpc) is 3.26. The maximum absolute atomic E-state index is 11.9. The van der Waals surface area contributed by atoms with E-state index in [4.69, 9.17) is 15.3 Å². The van der Waals surface area contributed by atoms with E-state index in [0.29, 0.717) is 35.9 Å². The van der Waals surface area contributed by atoms with Crippen molar-refractivity contribution in [1.29, 1.82) is 0 Å². The third-order valence-corrected chi connectivity index (χ3v) is 10.5. The Morgan fingerprint density at radius 2 is 1.84 bits per heavy atom. The molecule has 5 unspecified atom stereocenters. The zero-order chi connectivity index (χ0) is 27.0. The number of carboxylic acid groups (broad SMARTS) is 2. The molecular weight excluding hydrogens is 480 g/mol. The van der Waals surface area contributed by atoms with Crippen LogP contribution in [0.5, 0.6) is 0 Å². The van der Waals surface area contributed by atoms with E-state index in [-0.39, 0.29) is 17.7 Å². The molecule has 1 saturated carbocycles. The lowest BCUT2D eigenvalue weighted by Crippen LogP contribution is -2.83. The van der Waals surface area contributed by atoms with Gasteiger partial charge in [-0.2, -0.15) is 0 Å². The molecule has 5 heterocycles. The number of carbonyl (C=O) groups is 2. The molecule has 12 atom stereocenters. The Hall–Kier alpha value is -2.24. The molecule has 10 nitrogen and oxygen atoms in total. The number of para-hydroxylation sites is 1. The molecule has 10 heteroatoms. The average molecular weight is 519 g/mol. The van der Waals surface area contributed by atoms with Gasteiger partial charge < -0.3 is 40.3 Å². The number of quaternary nitrogens is 1. The topological polar surface area (TPSA) is 162 Å². The van der Waals surface area contributed by atoms with Gasteiger partial charge in [0, 0.05) is 37.4 Å². The standard InChI is InChI=1S/C23H33N2O2.C4H6O6/c1-4-10-25-17-11-14(13(5-2)22(25)27)19-18(25)12-23(21(19)26)15-8-6-7-9-16(15)24(3)20(17)23;5-1(3(7)8)2(6)4(9)10/h6-9,13-14,17-22,26-27H,4-5,10-12H2,1-3H3;1-2,5-6H,(H,7,8)(H,9,10)/q+1;/p-1/t13-,14-,17-,18-,19?,20-,21+,22+,23?,25?;/m0./s1. The van der Waals surface area contributed by atoms with Crippen LogP contribution in [0, 0.1) is 17.8 Å². The summed E-state index contributed by atoms with van der Waals surface area (Å²) in [6, 6.07) is 9.97. The number of likely N-dealkylation sites (N-methyl/N-ethyl adjacent to an activating group) is 1. The number of nitrogens with zero attached hydrogens (tertiary/aromatic N) is 2. The van der Waals surface area contributed by atoms with Crippen LogP contribution >= 0.6 is 0 Å². The van der Waals surface area contributed by atoms with Gasteiger partial charge in [-0.25, -0.2) is 4.79 Å². The molecule has 5 N–H and O–H groups in total. The van der Waals surface area contributed by atoms with Gasteiger partial charge in [-0.3, -0.25) is 4.48 Å². The van der Waals surface area contributed by atoms with Gasteiger partial charge >= 0.3 is 5.97 Å². The van der Waals surface area contributed by atoms with Crippen LogP contribution in [0.15, 0.2) is 24.3 Å². The first-order valence-electron chi connectivity index (χ1n) is 13.4. The van der Waals surface area contributed by atoms with Crippen LogP contribution in [0.4, 0.5) is 5.69 Å². The summed E-state index contributed by atoms with van der Waals surface area (Å²) in [6.45, 7) is 5.56. The SMILES string of the molecule is CCC[N+]12[C@H](O)[C@@H](CC)[C@@H]3C[C@H]1[C@@H]1N(C)c4ccccc4C14C[C@H]2C3[C@H]4O.O=C([O-])C(O)C(O)C(=O)O. The van der Waals surface area contributed by atoms with E-state index >= 15 is 0 Å². The van der Waals surface area contributed by atoms with Crippen LogP contribution in [0.2, 0.25) is 0 Å². The summed E-state index contributed by atoms with van der Waals surface area (Å²) in [5, 5.41) is 57.7. The van der Waals surface area contributed by atoms with Gasteiger partial charge in [0.1, 0.15) is 12.1 Å². The van der Waals surface area contributed by atoms with E-state index in [9.17, 15) is 24.9 Å². The monoisotopic (exact) mass is 518 g/mol. The van der Waals surface area contributed by atoms with Crippen molar-refractivity contribution in [3.8, 4) is 0 Å². The summed E-state index contributed by atoms with van der Waals surface area (Å²) in [5.74, 6) is -2.65. The zero-order valence-corrected chi connectivity index (χ0v) is 21.5. The first kappa shape index (κ1) is 26.4. The van der Waals surface area contributed by atoms with Gasteiger partial charge in [-0.15, -0.1) is 0 Å². The fraction of sp³-hybridized carbons (Fsp3) is 0.704. The van der Waals surface area contributed by atoms with Crippen LogP contribution in [-0.2, 0) is 15.0 Å². The van der Waals surface area contributed by atoms with Gasteiger partial charge in [0.05, 0.1) is 36.1 Å². The number of aliphatic carboxylic acids is 2. The maximum atomic E-state index is 11.9. The summed E-state index contributed by atoms with van der Waals surface area (Å²) in [4.78, 5) is 21.9. The maximum Gasteiger partial charge on any atom is 0.335 e. The van der Waals surface area contributed by atoms with Crippen molar-refractivity contribution in [3.05, 3.63) is 29.8 Å². The Kier molecular flexibility index (Phi) is 6.35. The lowest BCUT2D eigenvalue weighted by Gasteiger charge is -2.68. The summed E-state index contributed by atoms with van der Waals surface area (Å²) in [6.07, 6.45) is -0.869. The van der Waals surface area contributed by atoms with E-state index < -0.39 is 24.1 Å². The number of piperidine rings is 4. The number of benzene rings is 1. The fourth-order valence-electron chi connectivity index (χ4n) is 9.49. The Bertz CT molecular complexity index is 1070. The summed E-state index contributed by atoms with van der Waals surface area (Å²) >= 11 is 0. The minimum atomic E-state index is -2.38. The van der Waals surface area contributed by atoms with Crippen LogP contribution in [0.1, 0.15) is 45.1 Å². The number of aliphatic hydroxyl groups excluding tert-OH is 4. The number of anilines is 1. The zero-order valence-electron chi connectivity index (χ0n) is 21.5. The number of hydrogen-bond acceptors (Lipinski definition) is 8. The van der Waals surface area contributed by atoms with E-state index in [1.807, 2.05) is 0 Å². The van der Waals surface area contributed by atoms with Gasteiger partial charge in [-0.05, 0) is 30.4 Å². The van der Waals surface area contributed by atoms with Crippen molar-refractivity contribution >= 4 is 17.6 Å². The third kappa shape index (κ3) is 3.16. The van der Waals surface area contributed by atoms with E-state index in [1.54, 1.807) is 0 Å². The molecule has 1 aromatic carbocycles. The van der Waals surface area contributed by atoms with E-state index in [0.717, 1.165) is 30.3 Å². The molecular formula is C27H38N2O8. The van der Waals surface area contributed by atoms with Gasteiger partial charge in [0.2, 0.25) is 0 Å². The van der Waals surface area contributed by atoms with Crippen molar-refractivity contribution in [3.63, 3.8) is 0 Å². The Balaban J connectivity index is 0.000000241. The van der Waals surface area contributed by atoms with Crippen LogP contribution < -0.4 is 10.0 Å². The highest BCUT2D eigenvalue weighted by Gasteiger charge is 2.82. The van der Waals surface area contributed by atoms with Crippen molar-refractivity contribution in [2.24, 2.45) is 17.8 Å². The Morgan fingerprint density at radius 1 is 1.16 bits per heavy atom. The molecule has 0 aromatic heterocycles. The van der Waals surface area contributed by atoms with Gasteiger partial charge in [-0.1, -0.05) is 32.0 Å². The molecule has 5 fully saturated rings. The lowest BCUT2D eigenvalue weighted by atomic mass is 9.60. The summed E-state index contributed by atoms with van der Waals surface area (Å²) in [7, 11) is 2.23. The third-order valence-electron chi connectivity index (χ3n) is 10.5. The Morgan fingerprint density at radius 3 is 2.41 bits per heavy atom.